The summed E-state index contributed by atoms with van der Waals surface area (Å²) in [5, 5.41) is 0. The molecule has 0 rings (SSSR count). The molecule has 1 N–H and O–H groups in total. The van der Waals surface area contributed by atoms with Gasteiger partial charge in [0.25, 0.3) is 0 Å². The smallest absolute Gasteiger partial charge is 0.208 e. The normalized spacial score (nSPS) is 14.6. The molecule has 0 aromatic rings. The van der Waals surface area contributed by atoms with Crippen molar-refractivity contribution in [3.63, 3.8) is 0 Å². The van der Waals surface area contributed by atoms with E-state index in [0.29, 0.717) is 0 Å². The Hall–Kier alpha value is 0.260. The van der Waals surface area contributed by atoms with Gasteiger partial charge in [-0.3, -0.25) is 0 Å². The molecule has 0 aliphatic rings. The second kappa shape index (κ2) is 5.83. The summed E-state index contributed by atoms with van der Waals surface area (Å²) in [6.45, 7) is 3.98. The molecule has 0 aliphatic heterocycles. The van der Waals surface area contributed by atoms with Crippen LogP contribution in [0.15, 0.2) is 0 Å². The SMILES string of the molecule is CCSCCC(C)NS(C)(=O)=O. The first-order chi connectivity index (χ1) is 5.45. The molecule has 1 atom stereocenters. The minimum atomic E-state index is -3.02. The van der Waals surface area contributed by atoms with Crippen molar-refractivity contribution in [3.8, 4) is 0 Å². The maximum absolute atomic E-state index is 10.8. The topological polar surface area (TPSA) is 46.2 Å². The molecule has 74 valence electrons. The van der Waals surface area contributed by atoms with Crippen LogP contribution in [0.1, 0.15) is 20.3 Å². The lowest BCUT2D eigenvalue weighted by Gasteiger charge is -2.10. The van der Waals surface area contributed by atoms with E-state index < -0.39 is 10.0 Å². The van der Waals surface area contributed by atoms with E-state index in [0.717, 1.165) is 17.9 Å². The number of rotatable bonds is 6. The first-order valence-corrected chi connectivity index (χ1v) is 7.05. The molecule has 0 heterocycles. The van der Waals surface area contributed by atoms with Gasteiger partial charge in [-0.2, -0.15) is 11.8 Å². The molecule has 0 radical (unpaired) electrons. The Morgan fingerprint density at radius 1 is 1.50 bits per heavy atom. The van der Waals surface area contributed by atoms with E-state index in [2.05, 4.69) is 11.6 Å². The highest BCUT2D eigenvalue weighted by Gasteiger charge is 2.07. The molecule has 5 heteroatoms. The van der Waals surface area contributed by atoms with Crippen LogP contribution in [-0.2, 0) is 10.0 Å². The molecule has 1 unspecified atom stereocenters. The van der Waals surface area contributed by atoms with Crippen molar-refractivity contribution >= 4 is 21.8 Å². The van der Waals surface area contributed by atoms with Crippen molar-refractivity contribution in [3.05, 3.63) is 0 Å². The summed E-state index contributed by atoms with van der Waals surface area (Å²) in [6, 6.07) is 0.0547. The molecule has 12 heavy (non-hydrogen) atoms. The van der Waals surface area contributed by atoms with Gasteiger partial charge in [0.15, 0.2) is 0 Å². The molecule has 0 spiro atoms. The van der Waals surface area contributed by atoms with Gasteiger partial charge >= 0.3 is 0 Å². The molecule has 0 amide bonds. The first-order valence-electron chi connectivity index (χ1n) is 4.00. The van der Waals surface area contributed by atoms with E-state index in [1.807, 2.05) is 18.7 Å². The molecule has 0 aliphatic carbocycles. The molecule has 3 nitrogen and oxygen atoms in total. The number of hydrogen-bond acceptors (Lipinski definition) is 3. The third kappa shape index (κ3) is 8.36. The molecule has 0 fully saturated rings. The second-order valence-corrected chi connectivity index (χ2v) is 5.95. The summed E-state index contributed by atoms with van der Waals surface area (Å²) in [6.07, 6.45) is 2.09. The van der Waals surface area contributed by atoms with Gasteiger partial charge in [0.2, 0.25) is 10.0 Å². The fourth-order valence-electron chi connectivity index (χ4n) is 0.829. The van der Waals surface area contributed by atoms with E-state index in [1.54, 1.807) is 0 Å². The summed E-state index contributed by atoms with van der Waals surface area (Å²) in [5.41, 5.74) is 0. The molecule has 0 saturated carbocycles. The maximum atomic E-state index is 10.8. The van der Waals surface area contributed by atoms with E-state index in [1.165, 1.54) is 6.26 Å². The van der Waals surface area contributed by atoms with Crippen molar-refractivity contribution in [1.82, 2.24) is 4.72 Å². The lowest BCUT2D eigenvalue weighted by molar-refractivity contribution is 0.563. The third-order valence-corrected chi connectivity index (χ3v) is 3.08. The van der Waals surface area contributed by atoms with Gasteiger partial charge in [0.1, 0.15) is 0 Å². The first kappa shape index (κ1) is 12.3. The van der Waals surface area contributed by atoms with E-state index >= 15 is 0 Å². The van der Waals surface area contributed by atoms with Gasteiger partial charge in [-0.05, 0) is 24.9 Å². The van der Waals surface area contributed by atoms with E-state index in [9.17, 15) is 8.42 Å². The molecule has 0 bridgehead atoms. The maximum Gasteiger partial charge on any atom is 0.208 e. The third-order valence-electron chi connectivity index (χ3n) is 1.31. The largest absolute Gasteiger partial charge is 0.213 e. The molecular formula is C7H17NO2S2. The molecule has 0 aromatic carbocycles. The zero-order chi connectivity index (χ0) is 9.61. The quantitative estimate of drug-likeness (QED) is 0.668. The average molecular weight is 211 g/mol. The van der Waals surface area contributed by atoms with Crippen molar-refractivity contribution in [2.24, 2.45) is 0 Å². The summed E-state index contributed by atoms with van der Waals surface area (Å²) >= 11 is 1.83. The summed E-state index contributed by atoms with van der Waals surface area (Å²) in [7, 11) is -3.02. The van der Waals surface area contributed by atoms with E-state index in [-0.39, 0.29) is 6.04 Å². The van der Waals surface area contributed by atoms with Crippen LogP contribution in [0, 0.1) is 0 Å². The molecule has 0 aromatic heterocycles. The van der Waals surface area contributed by atoms with Gasteiger partial charge in [-0.15, -0.1) is 0 Å². The van der Waals surface area contributed by atoms with Crippen LogP contribution in [0.4, 0.5) is 0 Å². The monoisotopic (exact) mass is 211 g/mol. The van der Waals surface area contributed by atoms with E-state index in [4.69, 9.17) is 0 Å². The zero-order valence-corrected chi connectivity index (χ0v) is 9.46. The molecule has 0 saturated heterocycles. The predicted octanol–water partition coefficient (Wildman–Crippen LogP) is 1.07. The zero-order valence-electron chi connectivity index (χ0n) is 7.83. The Bertz CT molecular complexity index is 201. The molecular weight excluding hydrogens is 194 g/mol. The van der Waals surface area contributed by atoms with Crippen LogP contribution in [-0.4, -0.2) is 32.2 Å². The van der Waals surface area contributed by atoms with Gasteiger partial charge < -0.3 is 0 Å². The minimum Gasteiger partial charge on any atom is -0.213 e. The predicted molar refractivity (Wildman–Crippen MR) is 55.1 cm³/mol. The van der Waals surface area contributed by atoms with Crippen molar-refractivity contribution in [2.75, 3.05) is 17.8 Å². The Kier molecular flexibility index (Phi) is 5.96. The summed E-state index contributed by atoms with van der Waals surface area (Å²) < 4.78 is 24.0. The van der Waals surface area contributed by atoms with Crippen LogP contribution in [0.3, 0.4) is 0 Å². The highest BCUT2D eigenvalue weighted by molar-refractivity contribution is 7.99. The van der Waals surface area contributed by atoms with Crippen LogP contribution in [0.5, 0.6) is 0 Å². The van der Waals surface area contributed by atoms with Gasteiger partial charge in [-0.25, -0.2) is 13.1 Å². The van der Waals surface area contributed by atoms with Crippen LogP contribution >= 0.6 is 11.8 Å². The minimum absolute atomic E-state index is 0.0547. The fraction of sp³-hybridized carbons (Fsp3) is 1.00. The lowest BCUT2D eigenvalue weighted by atomic mass is 10.3. The van der Waals surface area contributed by atoms with Crippen LogP contribution in [0.2, 0.25) is 0 Å². The van der Waals surface area contributed by atoms with Gasteiger partial charge in [0.05, 0.1) is 6.26 Å². The Morgan fingerprint density at radius 2 is 2.08 bits per heavy atom. The van der Waals surface area contributed by atoms with Crippen molar-refractivity contribution in [1.29, 1.82) is 0 Å². The van der Waals surface area contributed by atoms with Crippen molar-refractivity contribution < 1.29 is 8.42 Å². The number of thioether (sulfide) groups is 1. The summed E-state index contributed by atoms with van der Waals surface area (Å²) in [4.78, 5) is 0. The van der Waals surface area contributed by atoms with Crippen LogP contribution in [0.25, 0.3) is 0 Å². The Labute approximate surface area is 79.4 Å². The average Bonchev–Trinajstić information content (AvgIpc) is 1.84. The Balaban J connectivity index is 3.53. The highest BCUT2D eigenvalue weighted by Crippen LogP contribution is 2.03. The summed E-state index contributed by atoms with van der Waals surface area (Å²) in [5.74, 6) is 2.10. The number of hydrogen-bond donors (Lipinski definition) is 1. The Morgan fingerprint density at radius 3 is 2.50 bits per heavy atom. The standard InChI is InChI=1S/C7H17NO2S2/c1-4-11-6-5-7(2)8-12(3,9)10/h7-8H,4-6H2,1-3H3. The highest BCUT2D eigenvalue weighted by atomic mass is 32.2. The number of sulfonamides is 1. The van der Waals surface area contributed by atoms with Crippen LogP contribution < -0.4 is 4.72 Å². The second-order valence-electron chi connectivity index (χ2n) is 2.78. The fourth-order valence-corrected chi connectivity index (χ4v) is 2.49. The van der Waals surface area contributed by atoms with Gasteiger partial charge in [-0.1, -0.05) is 6.92 Å². The van der Waals surface area contributed by atoms with Crippen molar-refractivity contribution in [2.45, 2.75) is 26.3 Å². The van der Waals surface area contributed by atoms with Gasteiger partial charge in [0, 0.05) is 6.04 Å². The number of nitrogens with one attached hydrogen (secondary N) is 1. The lowest BCUT2D eigenvalue weighted by Crippen LogP contribution is -2.31.